The topological polar surface area (TPSA) is 35.5 Å². The number of rotatable bonds is 7. The second kappa shape index (κ2) is 7.85. The van der Waals surface area contributed by atoms with Crippen LogP contribution in [0.5, 0.6) is 0 Å². The summed E-state index contributed by atoms with van der Waals surface area (Å²) in [7, 11) is 1.39. The van der Waals surface area contributed by atoms with Gasteiger partial charge in [0.05, 0.1) is 19.6 Å². The van der Waals surface area contributed by atoms with E-state index in [0.717, 1.165) is 12.8 Å². The molecule has 1 aromatic rings. The van der Waals surface area contributed by atoms with Crippen LogP contribution in [-0.2, 0) is 20.7 Å². The number of aryl methyl sites for hydroxylation is 1. The molecule has 1 rings (SSSR count). The van der Waals surface area contributed by atoms with E-state index in [0.29, 0.717) is 13.0 Å². The Kier molecular flexibility index (Phi) is 6.33. The molecular weight excluding hydrogens is 216 g/mol. The largest absolute Gasteiger partial charge is 0.469 e. The van der Waals surface area contributed by atoms with Gasteiger partial charge in [0.15, 0.2) is 0 Å². The minimum absolute atomic E-state index is 0.0711. The molecule has 1 atom stereocenters. The molecule has 94 valence electrons. The van der Waals surface area contributed by atoms with Crippen molar-refractivity contribution in [1.82, 2.24) is 0 Å². The van der Waals surface area contributed by atoms with Crippen molar-refractivity contribution in [1.29, 1.82) is 0 Å². The van der Waals surface area contributed by atoms with E-state index in [-0.39, 0.29) is 12.1 Å². The Balaban J connectivity index is 2.10. The zero-order valence-electron chi connectivity index (χ0n) is 10.5. The van der Waals surface area contributed by atoms with Crippen LogP contribution in [0.3, 0.4) is 0 Å². The summed E-state index contributed by atoms with van der Waals surface area (Å²) >= 11 is 0. The molecule has 0 aliphatic carbocycles. The first-order chi connectivity index (χ1) is 8.22. The lowest BCUT2D eigenvalue weighted by Gasteiger charge is -2.11. The van der Waals surface area contributed by atoms with Gasteiger partial charge >= 0.3 is 5.97 Å². The first kappa shape index (κ1) is 13.7. The number of benzene rings is 1. The fourth-order valence-corrected chi connectivity index (χ4v) is 1.58. The van der Waals surface area contributed by atoms with Crippen molar-refractivity contribution >= 4 is 5.97 Å². The van der Waals surface area contributed by atoms with Gasteiger partial charge in [-0.1, -0.05) is 30.3 Å². The Morgan fingerprint density at radius 3 is 2.65 bits per heavy atom. The molecule has 1 unspecified atom stereocenters. The molecule has 17 heavy (non-hydrogen) atoms. The predicted octanol–water partition coefficient (Wildman–Crippen LogP) is 2.59. The maximum Gasteiger partial charge on any atom is 0.308 e. The molecule has 0 aliphatic rings. The van der Waals surface area contributed by atoms with Gasteiger partial charge in [0.25, 0.3) is 0 Å². The highest BCUT2D eigenvalue weighted by Crippen LogP contribution is 2.04. The van der Waals surface area contributed by atoms with Gasteiger partial charge in [-0.25, -0.2) is 0 Å². The lowest BCUT2D eigenvalue weighted by Crippen LogP contribution is -2.16. The van der Waals surface area contributed by atoms with Gasteiger partial charge < -0.3 is 9.47 Å². The van der Waals surface area contributed by atoms with E-state index < -0.39 is 0 Å². The number of hydrogen-bond acceptors (Lipinski definition) is 3. The monoisotopic (exact) mass is 236 g/mol. The quantitative estimate of drug-likeness (QED) is 0.539. The standard InChI is InChI=1S/C14H20O3/c1-12(11-14(15)16-2)17-10-6-9-13-7-4-3-5-8-13/h3-5,7-8,12H,6,9-11H2,1-2H3. The molecule has 3 heteroatoms. The number of carbonyl (C=O) groups excluding carboxylic acids is 1. The molecule has 0 radical (unpaired) electrons. The lowest BCUT2D eigenvalue weighted by atomic mass is 10.1. The molecule has 0 amide bonds. The van der Waals surface area contributed by atoms with Crippen LogP contribution in [0.1, 0.15) is 25.3 Å². The molecule has 0 spiro atoms. The molecule has 0 fully saturated rings. The smallest absolute Gasteiger partial charge is 0.308 e. The number of hydrogen-bond donors (Lipinski definition) is 0. The second-order valence-electron chi connectivity index (χ2n) is 4.05. The van der Waals surface area contributed by atoms with Crippen molar-refractivity contribution in [3.63, 3.8) is 0 Å². The van der Waals surface area contributed by atoms with Crippen LogP contribution in [0, 0.1) is 0 Å². The maximum absolute atomic E-state index is 11.0. The summed E-state index contributed by atoms with van der Waals surface area (Å²) in [5.41, 5.74) is 1.32. The molecule has 0 saturated heterocycles. The van der Waals surface area contributed by atoms with Crippen molar-refractivity contribution < 1.29 is 14.3 Å². The van der Waals surface area contributed by atoms with Gasteiger partial charge in [-0.2, -0.15) is 0 Å². The highest BCUT2D eigenvalue weighted by Gasteiger charge is 2.08. The third kappa shape index (κ3) is 6.07. The minimum atomic E-state index is -0.222. The summed E-state index contributed by atoms with van der Waals surface area (Å²) in [6.45, 7) is 2.56. The average molecular weight is 236 g/mol. The van der Waals surface area contributed by atoms with Crippen LogP contribution in [0.4, 0.5) is 0 Å². The zero-order chi connectivity index (χ0) is 12.5. The van der Waals surface area contributed by atoms with Gasteiger partial charge in [0.1, 0.15) is 0 Å². The van der Waals surface area contributed by atoms with Crippen LogP contribution in [0.2, 0.25) is 0 Å². The highest BCUT2D eigenvalue weighted by atomic mass is 16.5. The van der Waals surface area contributed by atoms with Crippen LogP contribution >= 0.6 is 0 Å². The first-order valence-corrected chi connectivity index (χ1v) is 5.94. The van der Waals surface area contributed by atoms with Gasteiger partial charge in [0, 0.05) is 6.61 Å². The molecular formula is C14H20O3. The van der Waals surface area contributed by atoms with Gasteiger partial charge in [-0.15, -0.1) is 0 Å². The maximum atomic E-state index is 11.0. The number of esters is 1. The van der Waals surface area contributed by atoms with Gasteiger partial charge in [-0.05, 0) is 25.3 Å². The molecule has 0 saturated carbocycles. The van der Waals surface area contributed by atoms with Crippen molar-refractivity contribution in [3.8, 4) is 0 Å². The summed E-state index contributed by atoms with van der Waals surface area (Å²) in [6, 6.07) is 10.3. The summed E-state index contributed by atoms with van der Waals surface area (Å²) < 4.78 is 10.1. The third-order valence-corrected chi connectivity index (χ3v) is 2.54. The summed E-state index contributed by atoms with van der Waals surface area (Å²) in [5.74, 6) is -0.222. The van der Waals surface area contributed by atoms with Crippen molar-refractivity contribution in [2.45, 2.75) is 32.3 Å². The van der Waals surface area contributed by atoms with Crippen LogP contribution in [0.15, 0.2) is 30.3 Å². The van der Waals surface area contributed by atoms with E-state index in [4.69, 9.17) is 4.74 Å². The zero-order valence-corrected chi connectivity index (χ0v) is 10.5. The Bertz CT molecular complexity index is 321. The van der Waals surface area contributed by atoms with E-state index in [1.165, 1.54) is 12.7 Å². The summed E-state index contributed by atoms with van der Waals surface area (Å²) in [5, 5.41) is 0. The molecule has 0 bridgehead atoms. The van der Waals surface area contributed by atoms with Crippen LogP contribution < -0.4 is 0 Å². The summed E-state index contributed by atoms with van der Waals surface area (Å²) in [4.78, 5) is 11.0. The molecule has 0 heterocycles. The second-order valence-corrected chi connectivity index (χ2v) is 4.05. The van der Waals surface area contributed by atoms with Crippen LogP contribution in [-0.4, -0.2) is 25.8 Å². The Labute approximate surface area is 103 Å². The van der Waals surface area contributed by atoms with Gasteiger partial charge in [0.2, 0.25) is 0 Å². The Hall–Kier alpha value is -1.35. The van der Waals surface area contributed by atoms with Crippen molar-refractivity contribution in [2.75, 3.05) is 13.7 Å². The first-order valence-electron chi connectivity index (χ1n) is 5.94. The van der Waals surface area contributed by atoms with E-state index in [1.807, 2.05) is 25.1 Å². The molecule has 0 aliphatic heterocycles. The molecule has 0 aromatic heterocycles. The van der Waals surface area contributed by atoms with Crippen molar-refractivity contribution in [2.24, 2.45) is 0 Å². The lowest BCUT2D eigenvalue weighted by molar-refractivity contribution is -0.143. The average Bonchev–Trinajstić information content (AvgIpc) is 2.36. The van der Waals surface area contributed by atoms with Gasteiger partial charge in [-0.3, -0.25) is 4.79 Å². The van der Waals surface area contributed by atoms with E-state index in [2.05, 4.69) is 16.9 Å². The van der Waals surface area contributed by atoms with E-state index >= 15 is 0 Å². The number of carbonyl (C=O) groups is 1. The van der Waals surface area contributed by atoms with Crippen molar-refractivity contribution in [3.05, 3.63) is 35.9 Å². The fourth-order valence-electron chi connectivity index (χ4n) is 1.58. The third-order valence-electron chi connectivity index (χ3n) is 2.54. The normalized spacial score (nSPS) is 12.1. The predicted molar refractivity (Wildman–Crippen MR) is 66.8 cm³/mol. The Morgan fingerprint density at radius 2 is 2.00 bits per heavy atom. The molecule has 3 nitrogen and oxygen atoms in total. The van der Waals surface area contributed by atoms with E-state index in [9.17, 15) is 4.79 Å². The fraction of sp³-hybridized carbons (Fsp3) is 0.500. The van der Waals surface area contributed by atoms with Crippen LogP contribution in [0.25, 0.3) is 0 Å². The summed E-state index contributed by atoms with van der Waals surface area (Å²) in [6.07, 6.45) is 2.22. The SMILES string of the molecule is COC(=O)CC(C)OCCCc1ccccc1. The molecule has 0 N–H and O–H groups in total. The Morgan fingerprint density at radius 1 is 1.29 bits per heavy atom. The highest BCUT2D eigenvalue weighted by molar-refractivity contribution is 5.69. The number of methoxy groups -OCH3 is 1. The van der Waals surface area contributed by atoms with E-state index in [1.54, 1.807) is 0 Å². The molecule has 1 aromatic carbocycles. The number of ether oxygens (including phenoxy) is 2. The minimum Gasteiger partial charge on any atom is -0.469 e.